The normalized spacial score (nSPS) is 7.62. The predicted octanol–water partition coefficient (Wildman–Crippen LogP) is -1.76. The van der Waals surface area contributed by atoms with E-state index in [0.29, 0.717) is 0 Å². The van der Waals surface area contributed by atoms with Gasteiger partial charge in [-0.25, -0.2) is 0 Å². The maximum Gasteiger partial charge on any atom is 0.300 e. The van der Waals surface area contributed by atoms with E-state index in [1.807, 2.05) is 0 Å². The fourth-order valence-corrected chi connectivity index (χ4v) is 0. The molecular weight excluding hydrogens is 110 g/mol. The summed E-state index contributed by atoms with van der Waals surface area (Å²) < 4.78 is 0. The van der Waals surface area contributed by atoms with Crippen LogP contribution in [0.4, 0.5) is 0 Å². The second kappa shape index (κ2) is 6.35. The molecule has 7 N–H and O–H groups in total. The van der Waals surface area contributed by atoms with Crippen molar-refractivity contribution in [2.75, 3.05) is 0 Å². The third-order valence-electron chi connectivity index (χ3n) is 0. The molecule has 0 bridgehead atoms. The first-order valence-electron chi connectivity index (χ1n) is 1.93. The van der Waals surface area contributed by atoms with Gasteiger partial charge in [0, 0.05) is 6.92 Å². The zero-order valence-corrected chi connectivity index (χ0v) is 4.66. The van der Waals surface area contributed by atoms with E-state index in [9.17, 15) is 0 Å². The third kappa shape index (κ3) is 240. The van der Waals surface area contributed by atoms with Gasteiger partial charge in [0.1, 0.15) is 6.29 Å². The topological polar surface area (TPSA) is 115 Å². The van der Waals surface area contributed by atoms with Crippen LogP contribution in [0.25, 0.3) is 0 Å². The van der Waals surface area contributed by atoms with Crippen LogP contribution in [0.3, 0.4) is 0 Å². The molecule has 0 unspecified atom stereocenters. The Balaban J connectivity index is 0. The monoisotopic (exact) mass is 121 g/mol. The van der Waals surface area contributed by atoms with Crippen LogP contribution in [0.15, 0.2) is 0 Å². The number of hydrogen-bond acceptors (Lipinski definition) is 4. The molecule has 0 rings (SSSR count). The molecule has 0 heterocycles. The molecule has 0 saturated heterocycles. The molecule has 0 saturated carbocycles. The maximum atomic E-state index is 9.00. The number of rotatable bonds is 0. The molecular formula is C3H11N3O2. The minimum atomic E-state index is -0.833. The quantitative estimate of drug-likeness (QED) is 0.283. The highest BCUT2D eigenvalue weighted by atomic mass is 16.4. The van der Waals surface area contributed by atoms with E-state index < -0.39 is 12.3 Å². The van der Waals surface area contributed by atoms with Crippen LogP contribution < -0.4 is 17.2 Å². The zero-order valence-electron chi connectivity index (χ0n) is 4.66. The molecule has 5 nitrogen and oxygen atoms in total. The largest absolute Gasteiger partial charge is 0.481 e. The zero-order chi connectivity index (χ0) is 7.15. The van der Waals surface area contributed by atoms with Crippen molar-refractivity contribution in [1.29, 1.82) is 0 Å². The van der Waals surface area contributed by atoms with E-state index in [1.165, 1.54) is 0 Å². The lowest BCUT2D eigenvalue weighted by Gasteiger charge is -1.84. The van der Waals surface area contributed by atoms with Crippen LogP contribution in [0.2, 0.25) is 0 Å². The summed E-state index contributed by atoms with van der Waals surface area (Å²) in [5.74, 6) is -0.833. The van der Waals surface area contributed by atoms with Crippen molar-refractivity contribution < 1.29 is 9.90 Å². The summed E-state index contributed by atoms with van der Waals surface area (Å²) in [6.07, 6.45) is -0.667. The summed E-state index contributed by atoms with van der Waals surface area (Å²) in [5, 5.41) is 7.42. The van der Waals surface area contributed by atoms with Gasteiger partial charge in [0.2, 0.25) is 0 Å². The minimum absolute atomic E-state index is 0.667. The summed E-state index contributed by atoms with van der Waals surface area (Å²) in [4.78, 5) is 9.00. The highest BCUT2D eigenvalue weighted by Gasteiger charge is 1.65. The number of carboxylic acids is 1. The molecule has 0 aromatic heterocycles. The Morgan fingerprint density at radius 1 is 1.50 bits per heavy atom. The average Bonchev–Trinajstić information content (AvgIpc) is 1.25. The van der Waals surface area contributed by atoms with Gasteiger partial charge in [-0.1, -0.05) is 0 Å². The number of hydrogen-bond donors (Lipinski definition) is 4. The number of carboxylic acid groups (broad SMARTS) is 1. The van der Waals surface area contributed by atoms with Crippen molar-refractivity contribution >= 4 is 5.97 Å². The van der Waals surface area contributed by atoms with Crippen LogP contribution in [0, 0.1) is 0 Å². The van der Waals surface area contributed by atoms with E-state index in [2.05, 4.69) is 17.2 Å². The fraction of sp³-hybridized carbons (Fsp3) is 0.667. The summed E-state index contributed by atoms with van der Waals surface area (Å²) >= 11 is 0. The average molecular weight is 121 g/mol. The lowest BCUT2D eigenvalue weighted by Crippen LogP contribution is -2.39. The van der Waals surface area contributed by atoms with Crippen molar-refractivity contribution in [3.8, 4) is 0 Å². The predicted molar refractivity (Wildman–Crippen MR) is 29.7 cm³/mol. The van der Waals surface area contributed by atoms with Crippen molar-refractivity contribution in [2.24, 2.45) is 17.2 Å². The van der Waals surface area contributed by atoms with Gasteiger partial charge in [-0.3, -0.25) is 4.79 Å². The van der Waals surface area contributed by atoms with E-state index in [-0.39, 0.29) is 0 Å². The Bertz CT molecular complexity index is 56.8. The maximum absolute atomic E-state index is 9.00. The molecule has 8 heavy (non-hydrogen) atoms. The Hall–Kier alpha value is -0.650. The first-order chi connectivity index (χ1) is 3.46. The van der Waals surface area contributed by atoms with E-state index in [0.717, 1.165) is 6.92 Å². The van der Waals surface area contributed by atoms with Crippen molar-refractivity contribution in [2.45, 2.75) is 13.2 Å². The van der Waals surface area contributed by atoms with Gasteiger partial charge in [-0.15, -0.1) is 0 Å². The van der Waals surface area contributed by atoms with Crippen LogP contribution >= 0.6 is 0 Å². The van der Waals surface area contributed by atoms with Crippen molar-refractivity contribution in [3.63, 3.8) is 0 Å². The number of nitrogens with two attached hydrogens (primary N) is 3. The standard InChI is InChI=1S/C2H4O2.CH7N3/c1-2(3)4;2-1(3)4/h1H3,(H,3,4);1H,2-4H2. The molecule has 0 atom stereocenters. The minimum Gasteiger partial charge on any atom is -0.481 e. The van der Waals surface area contributed by atoms with Crippen LogP contribution in [0.5, 0.6) is 0 Å². The lowest BCUT2D eigenvalue weighted by atomic mass is 10.9. The molecule has 0 spiro atoms. The van der Waals surface area contributed by atoms with Crippen molar-refractivity contribution in [1.82, 2.24) is 0 Å². The van der Waals surface area contributed by atoms with Gasteiger partial charge in [0.15, 0.2) is 0 Å². The Labute approximate surface area is 47.5 Å². The molecule has 0 aliphatic rings. The van der Waals surface area contributed by atoms with Crippen LogP contribution in [-0.4, -0.2) is 17.4 Å². The van der Waals surface area contributed by atoms with Crippen LogP contribution in [-0.2, 0) is 4.79 Å². The Morgan fingerprint density at radius 2 is 1.50 bits per heavy atom. The molecule has 0 amide bonds. The highest BCUT2D eigenvalue weighted by Crippen LogP contribution is 1.42. The summed E-state index contributed by atoms with van der Waals surface area (Å²) in [6, 6.07) is 0. The highest BCUT2D eigenvalue weighted by molar-refractivity contribution is 5.62. The molecule has 0 fully saturated rings. The number of aliphatic carboxylic acids is 1. The summed E-state index contributed by atoms with van der Waals surface area (Å²) in [7, 11) is 0. The number of carbonyl (C=O) groups is 1. The Morgan fingerprint density at radius 3 is 1.50 bits per heavy atom. The second-order valence-corrected chi connectivity index (χ2v) is 1.10. The molecule has 0 aromatic carbocycles. The summed E-state index contributed by atoms with van der Waals surface area (Å²) in [6.45, 7) is 1.08. The van der Waals surface area contributed by atoms with Crippen LogP contribution in [0.1, 0.15) is 6.92 Å². The molecule has 0 radical (unpaired) electrons. The molecule has 50 valence electrons. The molecule has 0 aliphatic carbocycles. The lowest BCUT2D eigenvalue weighted by molar-refractivity contribution is -0.134. The second-order valence-electron chi connectivity index (χ2n) is 1.10. The SMILES string of the molecule is CC(=O)O.NC(N)N. The van der Waals surface area contributed by atoms with Gasteiger partial charge in [-0.2, -0.15) is 0 Å². The molecule has 5 heteroatoms. The van der Waals surface area contributed by atoms with Gasteiger partial charge < -0.3 is 22.3 Å². The van der Waals surface area contributed by atoms with Crippen molar-refractivity contribution in [3.05, 3.63) is 0 Å². The van der Waals surface area contributed by atoms with Gasteiger partial charge in [-0.05, 0) is 0 Å². The smallest absolute Gasteiger partial charge is 0.300 e. The van der Waals surface area contributed by atoms with E-state index >= 15 is 0 Å². The molecule has 0 aliphatic heterocycles. The third-order valence-corrected chi connectivity index (χ3v) is 0. The Kier molecular flexibility index (Phi) is 8.22. The van der Waals surface area contributed by atoms with Gasteiger partial charge in [0.05, 0.1) is 0 Å². The first kappa shape index (κ1) is 10.4. The van der Waals surface area contributed by atoms with E-state index in [4.69, 9.17) is 9.90 Å². The molecule has 0 aromatic rings. The first-order valence-corrected chi connectivity index (χ1v) is 1.93. The van der Waals surface area contributed by atoms with Gasteiger partial charge in [0.25, 0.3) is 5.97 Å². The van der Waals surface area contributed by atoms with Gasteiger partial charge >= 0.3 is 0 Å². The summed E-state index contributed by atoms with van der Waals surface area (Å²) in [5.41, 5.74) is 14.0. The van der Waals surface area contributed by atoms with E-state index in [1.54, 1.807) is 0 Å². The fourth-order valence-electron chi connectivity index (χ4n) is 0.